The molecule has 0 radical (unpaired) electrons. The fourth-order valence-corrected chi connectivity index (χ4v) is 3.56. The van der Waals surface area contributed by atoms with Crippen LogP contribution < -0.4 is 9.80 Å². The maximum absolute atomic E-state index is 2.38. The van der Waals surface area contributed by atoms with Gasteiger partial charge in [0.1, 0.15) is 0 Å². The van der Waals surface area contributed by atoms with Crippen molar-refractivity contribution in [2.24, 2.45) is 0 Å². The van der Waals surface area contributed by atoms with Crippen LogP contribution in [0.1, 0.15) is 35.4 Å². The first kappa shape index (κ1) is 15.9. The maximum Gasteiger partial charge on any atom is 0.0363 e. The molecule has 1 aliphatic carbocycles. The van der Waals surface area contributed by atoms with Gasteiger partial charge < -0.3 is 9.80 Å². The van der Waals surface area contributed by atoms with Crippen LogP contribution in [0.15, 0.2) is 42.5 Å². The molecule has 0 unspecified atom stereocenters. The minimum absolute atomic E-state index is 0.671. The molecule has 2 aromatic carbocycles. The van der Waals surface area contributed by atoms with E-state index in [0.29, 0.717) is 5.92 Å². The van der Waals surface area contributed by atoms with Crippen LogP contribution in [0.4, 0.5) is 11.4 Å². The molecule has 1 aliphatic rings. The van der Waals surface area contributed by atoms with Crippen molar-refractivity contribution in [2.75, 3.05) is 38.0 Å². The summed E-state index contributed by atoms with van der Waals surface area (Å²) in [6, 6.07) is 16.0. The van der Waals surface area contributed by atoms with E-state index in [2.05, 4.69) is 80.5 Å². The van der Waals surface area contributed by atoms with Gasteiger partial charge in [0, 0.05) is 39.6 Å². The number of hydrogen-bond acceptors (Lipinski definition) is 2. The van der Waals surface area contributed by atoms with E-state index < -0.39 is 0 Å². The van der Waals surface area contributed by atoms with Gasteiger partial charge in [0.05, 0.1) is 0 Å². The van der Waals surface area contributed by atoms with Gasteiger partial charge in [-0.15, -0.1) is 0 Å². The van der Waals surface area contributed by atoms with E-state index in [-0.39, 0.29) is 0 Å². The molecule has 0 saturated carbocycles. The number of fused-ring (bicyclic) bond motifs is 1. The summed E-state index contributed by atoms with van der Waals surface area (Å²) in [6.07, 6.45) is 4.89. The SMILES string of the molecule is CN(C)c1cccc([C@H]2CCc3ccc(N(C)C)cc3CC2)c1. The van der Waals surface area contributed by atoms with Crippen molar-refractivity contribution in [3.63, 3.8) is 0 Å². The average Bonchev–Trinajstić information content (AvgIpc) is 2.76. The Bertz CT molecular complexity index is 673. The molecule has 1 atom stereocenters. The third-order valence-corrected chi connectivity index (χ3v) is 5.09. The molecule has 0 spiro atoms. The van der Waals surface area contributed by atoms with E-state index >= 15 is 0 Å². The Labute approximate surface area is 140 Å². The third-order valence-electron chi connectivity index (χ3n) is 5.09. The predicted octanol–water partition coefficient (Wildman–Crippen LogP) is 4.48. The van der Waals surface area contributed by atoms with Crippen LogP contribution in [0.2, 0.25) is 0 Å². The Balaban J connectivity index is 1.80. The number of aryl methyl sites for hydroxylation is 2. The number of benzene rings is 2. The lowest BCUT2D eigenvalue weighted by molar-refractivity contribution is 0.599. The zero-order valence-electron chi connectivity index (χ0n) is 14.8. The topological polar surface area (TPSA) is 6.48 Å². The second-order valence-corrected chi connectivity index (χ2v) is 7.11. The molecule has 0 heterocycles. The van der Waals surface area contributed by atoms with Crippen molar-refractivity contribution in [1.82, 2.24) is 0 Å². The summed E-state index contributed by atoms with van der Waals surface area (Å²) < 4.78 is 0. The Morgan fingerprint density at radius 3 is 2.09 bits per heavy atom. The van der Waals surface area contributed by atoms with Crippen molar-refractivity contribution in [3.05, 3.63) is 59.2 Å². The number of hydrogen-bond donors (Lipinski definition) is 0. The first-order chi connectivity index (χ1) is 11.0. The zero-order valence-corrected chi connectivity index (χ0v) is 14.8. The molecule has 0 saturated heterocycles. The number of anilines is 2. The average molecular weight is 308 g/mol. The van der Waals surface area contributed by atoms with Crippen LogP contribution in [0, 0.1) is 0 Å². The predicted molar refractivity (Wildman–Crippen MR) is 101 cm³/mol. The van der Waals surface area contributed by atoms with Crippen molar-refractivity contribution >= 4 is 11.4 Å². The maximum atomic E-state index is 2.38. The highest BCUT2D eigenvalue weighted by molar-refractivity contribution is 5.51. The van der Waals surface area contributed by atoms with Crippen molar-refractivity contribution < 1.29 is 0 Å². The largest absolute Gasteiger partial charge is 0.378 e. The fourth-order valence-electron chi connectivity index (χ4n) is 3.56. The van der Waals surface area contributed by atoms with Crippen LogP contribution in [-0.4, -0.2) is 28.2 Å². The van der Waals surface area contributed by atoms with Gasteiger partial charge in [-0.2, -0.15) is 0 Å². The second kappa shape index (κ2) is 6.66. The van der Waals surface area contributed by atoms with Gasteiger partial charge >= 0.3 is 0 Å². The Morgan fingerprint density at radius 1 is 0.739 bits per heavy atom. The summed E-state index contributed by atoms with van der Waals surface area (Å²) in [5.41, 5.74) is 7.21. The van der Waals surface area contributed by atoms with E-state index in [4.69, 9.17) is 0 Å². The summed E-state index contributed by atoms with van der Waals surface area (Å²) in [6.45, 7) is 0. The molecule has 122 valence electrons. The molecule has 2 heteroatoms. The summed E-state index contributed by atoms with van der Waals surface area (Å²) in [5, 5.41) is 0. The fraction of sp³-hybridized carbons (Fsp3) is 0.429. The molecule has 0 aliphatic heterocycles. The van der Waals surface area contributed by atoms with Crippen LogP contribution in [0.3, 0.4) is 0 Å². The smallest absolute Gasteiger partial charge is 0.0363 e. The third kappa shape index (κ3) is 3.52. The monoisotopic (exact) mass is 308 g/mol. The normalized spacial score (nSPS) is 17.3. The molecule has 0 amide bonds. The van der Waals surface area contributed by atoms with Crippen LogP contribution >= 0.6 is 0 Å². The van der Waals surface area contributed by atoms with Crippen molar-refractivity contribution in [1.29, 1.82) is 0 Å². The molecule has 23 heavy (non-hydrogen) atoms. The second-order valence-electron chi connectivity index (χ2n) is 7.11. The van der Waals surface area contributed by atoms with Gasteiger partial charge in [-0.3, -0.25) is 0 Å². The molecule has 3 rings (SSSR count). The highest BCUT2D eigenvalue weighted by Crippen LogP contribution is 2.34. The first-order valence-corrected chi connectivity index (χ1v) is 8.61. The minimum Gasteiger partial charge on any atom is -0.378 e. The van der Waals surface area contributed by atoms with Crippen molar-refractivity contribution in [3.8, 4) is 0 Å². The van der Waals surface area contributed by atoms with E-state index in [0.717, 1.165) is 0 Å². The minimum atomic E-state index is 0.671. The van der Waals surface area contributed by atoms with Crippen molar-refractivity contribution in [2.45, 2.75) is 31.6 Å². The van der Waals surface area contributed by atoms with Gasteiger partial charge in [-0.1, -0.05) is 18.2 Å². The summed E-state index contributed by atoms with van der Waals surface area (Å²) in [4.78, 5) is 4.39. The highest BCUT2D eigenvalue weighted by atomic mass is 15.1. The van der Waals surface area contributed by atoms with Crippen LogP contribution in [0.25, 0.3) is 0 Å². The van der Waals surface area contributed by atoms with Crippen LogP contribution in [0.5, 0.6) is 0 Å². The van der Waals surface area contributed by atoms with E-state index in [1.807, 2.05) is 0 Å². The lowest BCUT2D eigenvalue weighted by Gasteiger charge is -2.18. The first-order valence-electron chi connectivity index (χ1n) is 8.61. The number of nitrogens with zero attached hydrogens (tertiary/aromatic N) is 2. The summed E-state index contributed by atoms with van der Waals surface area (Å²) in [7, 11) is 8.47. The zero-order chi connectivity index (χ0) is 16.4. The Hall–Kier alpha value is -1.96. The quantitative estimate of drug-likeness (QED) is 0.771. The van der Waals surface area contributed by atoms with Gasteiger partial charge in [0.25, 0.3) is 0 Å². The Morgan fingerprint density at radius 2 is 1.39 bits per heavy atom. The van der Waals surface area contributed by atoms with E-state index in [1.165, 1.54) is 42.6 Å². The van der Waals surface area contributed by atoms with Gasteiger partial charge in [-0.05, 0) is 72.6 Å². The van der Waals surface area contributed by atoms with Crippen LogP contribution in [-0.2, 0) is 12.8 Å². The summed E-state index contributed by atoms with van der Waals surface area (Å²) in [5.74, 6) is 0.671. The van der Waals surface area contributed by atoms with Gasteiger partial charge in [0.15, 0.2) is 0 Å². The summed E-state index contributed by atoms with van der Waals surface area (Å²) >= 11 is 0. The molecule has 0 N–H and O–H groups in total. The standard InChI is InChI=1S/C21H28N2/c1-22(2)20-7-5-6-18(14-20)16-8-9-17-12-13-21(23(3)4)15-19(17)11-10-16/h5-7,12-16H,8-11H2,1-4H3/t16-/m0/s1. The van der Waals surface area contributed by atoms with Gasteiger partial charge in [-0.25, -0.2) is 0 Å². The molecule has 0 aromatic heterocycles. The lowest BCUT2D eigenvalue weighted by atomic mass is 9.91. The lowest BCUT2D eigenvalue weighted by Crippen LogP contribution is -2.09. The molecule has 0 bridgehead atoms. The van der Waals surface area contributed by atoms with E-state index in [9.17, 15) is 0 Å². The molecular formula is C21H28N2. The molecule has 0 fully saturated rings. The molecule has 2 aromatic rings. The Kier molecular flexibility index (Phi) is 4.61. The molecule has 2 nitrogen and oxygen atoms in total. The highest BCUT2D eigenvalue weighted by Gasteiger charge is 2.18. The number of rotatable bonds is 3. The molecular weight excluding hydrogens is 280 g/mol. The van der Waals surface area contributed by atoms with Gasteiger partial charge in [0.2, 0.25) is 0 Å². The van der Waals surface area contributed by atoms with E-state index in [1.54, 1.807) is 11.1 Å².